The van der Waals surface area contributed by atoms with Crippen LogP contribution in [0, 0.1) is 0 Å². The number of aromatic nitrogens is 2. The average molecular weight is 436 g/mol. The van der Waals surface area contributed by atoms with Crippen LogP contribution < -0.4 is 0 Å². The lowest BCUT2D eigenvalue weighted by molar-refractivity contribution is -0.163. The third-order valence-electron chi connectivity index (χ3n) is 5.93. The zero-order valence-electron chi connectivity index (χ0n) is 19.9. The highest BCUT2D eigenvalue weighted by molar-refractivity contribution is 5.68. The number of hydrogen-bond acceptors (Lipinski definition) is 5. The lowest BCUT2D eigenvalue weighted by Crippen LogP contribution is -2.41. The summed E-state index contributed by atoms with van der Waals surface area (Å²) >= 11 is 0. The van der Waals surface area contributed by atoms with Crippen LogP contribution in [0.15, 0.2) is 6.20 Å². The van der Waals surface area contributed by atoms with E-state index in [0.29, 0.717) is 25.6 Å². The minimum Gasteiger partial charge on any atom is -0.444 e. The topological polar surface area (TPSA) is 65.8 Å². The maximum Gasteiger partial charge on any atom is 0.410 e. The van der Waals surface area contributed by atoms with E-state index in [1.54, 1.807) is 0 Å². The fourth-order valence-corrected chi connectivity index (χ4v) is 4.24. The molecule has 7 heteroatoms. The van der Waals surface area contributed by atoms with Crippen molar-refractivity contribution < 1.29 is 19.0 Å². The standard InChI is InChI=1S/C24H41N3O4/c1-5-6-9-20-18-27(15-17-30-21-10-7-8-16-29-21)22(25-20)19-11-13-26(14-12-19)23(28)31-24(2,3)4/h18-19,21H,5-17H2,1-4H3. The number of carbonyl (C=O) groups excluding carboxylic acids is 1. The number of carbonyl (C=O) groups is 1. The van der Waals surface area contributed by atoms with Crippen LogP contribution in [-0.2, 0) is 27.2 Å². The van der Waals surface area contributed by atoms with Crippen LogP contribution in [0.25, 0.3) is 0 Å². The van der Waals surface area contributed by atoms with Crippen molar-refractivity contribution in [1.82, 2.24) is 14.5 Å². The first kappa shape index (κ1) is 24.1. The van der Waals surface area contributed by atoms with E-state index >= 15 is 0 Å². The Hall–Kier alpha value is -1.60. The van der Waals surface area contributed by atoms with Gasteiger partial charge in [0.2, 0.25) is 0 Å². The Balaban J connectivity index is 1.58. The van der Waals surface area contributed by atoms with Crippen LogP contribution in [0.4, 0.5) is 4.79 Å². The van der Waals surface area contributed by atoms with Gasteiger partial charge < -0.3 is 23.7 Å². The summed E-state index contributed by atoms with van der Waals surface area (Å²) in [4.78, 5) is 19.2. The summed E-state index contributed by atoms with van der Waals surface area (Å²) in [7, 11) is 0. The van der Waals surface area contributed by atoms with Gasteiger partial charge in [0, 0.05) is 38.4 Å². The van der Waals surface area contributed by atoms with Gasteiger partial charge in [0.15, 0.2) is 6.29 Å². The molecule has 2 aliphatic heterocycles. The van der Waals surface area contributed by atoms with E-state index in [2.05, 4.69) is 17.7 Å². The van der Waals surface area contributed by atoms with E-state index in [4.69, 9.17) is 19.2 Å². The van der Waals surface area contributed by atoms with Gasteiger partial charge in [-0.15, -0.1) is 0 Å². The summed E-state index contributed by atoms with van der Waals surface area (Å²) in [6.07, 6.45) is 10.4. The molecule has 0 spiro atoms. The Morgan fingerprint density at radius 2 is 2.00 bits per heavy atom. The van der Waals surface area contributed by atoms with E-state index in [0.717, 1.165) is 57.5 Å². The van der Waals surface area contributed by atoms with Crippen molar-refractivity contribution in [3.05, 3.63) is 17.7 Å². The summed E-state index contributed by atoms with van der Waals surface area (Å²) in [5, 5.41) is 0. The predicted octanol–water partition coefficient (Wildman–Crippen LogP) is 4.88. The average Bonchev–Trinajstić information content (AvgIpc) is 3.15. The summed E-state index contributed by atoms with van der Waals surface area (Å²) in [6, 6.07) is 0. The van der Waals surface area contributed by atoms with Gasteiger partial charge >= 0.3 is 6.09 Å². The van der Waals surface area contributed by atoms with Crippen molar-refractivity contribution >= 4 is 6.09 Å². The fraction of sp³-hybridized carbons (Fsp3) is 0.833. The molecule has 2 saturated heterocycles. The van der Waals surface area contributed by atoms with Gasteiger partial charge in [0.05, 0.1) is 12.3 Å². The first-order chi connectivity index (χ1) is 14.9. The summed E-state index contributed by atoms with van der Waals surface area (Å²) in [5.41, 5.74) is 0.709. The van der Waals surface area contributed by atoms with Crippen LogP contribution in [0.1, 0.15) is 90.1 Å². The Kier molecular flexibility index (Phi) is 8.78. The molecule has 1 aromatic heterocycles. The van der Waals surface area contributed by atoms with E-state index in [9.17, 15) is 4.79 Å². The highest BCUT2D eigenvalue weighted by atomic mass is 16.7. The monoisotopic (exact) mass is 435 g/mol. The van der Waals surface area contributed by atoms with Crippen molar-refractivity contribution in [3.63, 3.8) is 0 Å². The molecule has 2 fully saturated rings. The Morgan fingerprint density at radius 1 is 1.23 bits per heavy atom. The predicted molar refractivity (Wildman–Crippen MR) is 120 cm³/mol. The first-order valence-electron chi connectivity index (χ1n) is 12.1. The second kappa shape index (κ2) is 11.3. The van der Waals surface area contributed by atoms with Crippen LogP contribution in [0.2, 0.25) is 0 Å². The van der Waals surface area contributed by atoms with E-state index in [1.165, 1.54) is 18.5 Å². The molecular weight excluding hydrogens is 394 g/mol. The van der Waals surface area contributed by atoms with Crippen LogP contribution in [-0.4, -0.2) is 58.7 Å². The van der Waals surface area contributed by atoms with Gasteiger partial charge in [0.25, 0.3) is 0 Å². The lowest BCUT2D eigenvalue weighted by atomic mass is 9.96. The van der Waals surface area contributed by atoms with Gasteiger partial charge in [-0.25, -0.2) is 9.78 Å². The SMILES string of the molecule is CCCCc1cn(CCOC2CCCCO2)c(C2CCN(C(=O)OC(C)(C)C)CC2)n1. The third-order valence-corrected chi connectivity index (χ3v) is 5.93. The maximum absolute atomic E-state index is 12.4. The molecule has 2 aliphatic rings. The maximum atomic E-state index is 12.4. The molecule has 1 aromatic rings. The summed E-state index contributed by atoms with van der Waals surface area (Å²) in [6.45, 7) is 11.6. The summed E-state index contributed by atoms with van der Waals surface area (Å²) < 4.78 is 19.5. The van der Waals surface area contributed by atoms with Crippen LogP contribution in [0.5, 0.6) is 0 Å². The molecule has 0 aliphatic carbocycles. The molecular formula is C24H41N3O4. The number of nitrogens with zero attached hydrogens (tertiary/aromatic N) is 3. The van der Waals surface area contributed by atoms with Gasteiger partial charge in [-0.2, -0.15) is 0 Å². The molecule has 0 N–H and O–H groups in total. The number of ether oxygens (including phenoxy) is 3. The second-order valence-corrected chi connectivity index (χ2v) is 9.80. The molecule has 3 heterocycles. The molecule has 1 amide bonds. The summed E-state index contributed by atoms with van der Waals surface area (Å²) in [5.74, 6) is 1.50. The molecule has 0 radical (unpaired) electrons. The second-order valence-electron chi connectivity index (χ2n) is 9.80. The van der Waals surface area contributed by atoms with Crippen molar-refractivity contribution in [2.45, 2.75) is 103 Å². The largest absolute Gasteiger partial charge is 0.444 e. The zero-order chi connectivity index (χ0) is 22.3. The zero-order valence-corrected chi connectivity index (χ0v) is 19.9. The Morgan fingerprint density at radius 3 is 2.65 bits per heavy atom. The van der Waals surface area contributed by atoms with Crippen molar-refractivity contribution in [2.24, 2.45) is 0 Å². The molecule has 3 rings (SSSR count). The molecule has 1 unspecified atom stereocenters. The van der Waals surface area contributed by atoms with Crippen molar-refractivity contribution in [3.8, 4) is 0 Å². The molecule has 7 nitrogen and oxygen atoms in total. The van der Waals surface area contributed by atoms with E-state index < -0.39 is 5.60 Å². The molecule has 0 bridgehead atoms. The van der Waals surface area contributed by atoms with Crippen LogP contribution >= 0.6 is 0 Å². The molecule has 176 valence electrons. The molecule has 31 heavy (non-hydrogen) atoms. The minimum atomic E-state index is -0.458. The van der Waals surface area contributed by atoms with Gasteiger partial charge in [-0.05, 0) is 65.7 Å². The Bertz CT molecular complexity index is 683. The van der Waals surface area contributed by atoms with Gasteiger partial charge in [-0.1, -0.05) is 13.3 Å². The molecule has 0 saturated carbocycles. The van der Waals surface area contributed by atoms with Crippen molar-refractivity contribution in [1.29, 1.82) is 0 Å². The first-order valence-corrected chi connectivity index (χ1v) is 12.1. The molecule has 1 atom stereocenters. The smallest absolute Gasteiger partial charge is 0.410 e. The number of imidazole rings is 1. The van der Waals surface area contributed by atoms with Crippen molar-refractivity contribution in [2.75, 3.05) is 26.3 Å². The number of rotatable bonds is 8. The third kappa shape index (κ3) is 7.49. The number of piperidine rings is 1. The number of likely N-dealkylation sites (tertiary alicyclic amines) is 1. The molecule has 0 aromatic carbocycles. The van der Waals surface area contributed by atoms with E-state index in [1.807, 2.05) is 25.7 Å². The number of aryl methyl sites for hydroxylation is 1. The Labute approximate surface area is 187 Å². The highest BCUT2D eigenvalue weighted by Crippen LogP contribution is 2.29. The van der Waals surface area contributed by atoms with Gasteiger partial charge in [-0.3, -0.25) is 0 Å². The van der Waals surface area contributed by atoms with Gasteiger partial charge in [0.1, 0.15) is 11.4 Å². The lowest BCUT2D eigenvalue weighted by Gasteiger charge is -2.33. The number of hydrogen-bond donors (Lipinski definition) is 0. The number of unbranched alkanes of at least 4 members (excludes halogenated alkanes) is 1. The highest BCUT2D eigenvalue weighted by Gasteiger charge is 2.29. The fourth-order valence-electron chi connectivity index (χ4n) is 4.24. The van der Waals surface area contributed by atoms with Crippen LogP contribution in [0.3, 0.4) is 0 Å². The normalized spacial score (nSPS) is 20.8. The quantitative estimate of drug-likeness (QED) is 0.582. The minimum absolute atomic E-state index is 0.0580. The number of amides is 1. The van der Waals surface area contributed by atoms with E-state index in [-0.39, 0.29) is 12.4 Å².